The standard InChI is InChI=1S/C17H23N3OS/c1-12(16-18-19-17(21-16)15-7-4-10-22-15)20-9-8-13-5-2-3-6-14(13)11-20/h4,7,10,12-14H,2-3,5-6,8-9,11H2,1H3/p+1/t12-,13-,14+/m0/s1. The monoisotopic (exact) mass is 318 g/mol. The summed E-state index contributed by atoms with van der Waals surface area (Å²) in [4.78, 5) is 2.69. The van der Waals surface area contributed by atoms with Crippen LogP contribution in [-0.2, 0) is 0 Å². The SMILES string of the molecule is C[C@@H](c1nnc(-c2cccs2)o1)[NH+]1CC[C@@H]2CCCC[C@@H]2C1. The van der Waals surface area contributed by atoms with Crippen molar-refractivity contribution in [1.82, 2.24) is 10.2 Å². The molecule has 1 saturated carbocycles. The van der Waals surface area contributed by atoms with Crippen LogP contribution < -0.4 is 4.90 Å². The predicted octanol–water partition coefficient (Wildman–Crippen LogP) is 2.95. The zero-order chi connectivity index (χ0) is 14.9. The van der Waals surface area contributed by atoms with Crippen LogP contribution in [-0.4, -0.2) is 23.3 Å². The van der Waals surface area contributed by atoms with Gasteiger partial charge in [-0.1, -0.05) is 18.9 Å². The Bertz CT molecular complexity index is 609. The third-order valence-corrected chi connectivity index (χ3v) is 6.44. The minimum absolute atomic E-state index is 0.309. The Morgan fingerprint density at radius 1 is 1.23 bits per heavy atom. The Labute approximate surface area is 135 Å². The fraction of sp³-hybridized carbons (Fsp3) is 0.647. The second-order valence-electron chi connectivity index (χ2n) is 6.85. The van der Waals surface area contributed by atoms with E-state index in [1.165, 1.54) is 45.2 Å². The van der Waals surface area contributed by atoms with E-state index in [1.54, 1.807) is 16.2 Å². The smallest absolute Gasteiger partial charge is 0.274 e. The van der Waals surface area contributed by atoms with Crippen LogP contribution in [0.15, 0.2) is 21.9 Å². The van der Waals surface area contributed by atoms with Gasteiger partial charge in [-0.15, -0.1) is 21.5 Å². The van der Waals surface area contributed by atoms with Gasteiger partial charge in [-0.2, -0.15) is 0 Å². The Kier molecular flexibility index (Phi) is 4.01. The molecule has 118 valence electrons. The van der Waals surface area contributed by atoms with Crippen molar-refractivity contribution in [2.75, 3.05) is 13.1 Å². The Balaban J connectivity index is 1.46. The number of thiophene rings is 1. The van der Waals surface area contributed by atoms with E-state index >= 15 is 0 Å². The number of rotatable bonds is 3. The first-order valence-corrected chi connectivity index (χ1v) is 9.41. The Hall–Kier alpha value is -1.20. The van der Waals surface area contributed by atoms with E-state index in [0.29, 0.717) is 11.9 Å². The van der Waals surface area contributed by atoms with Crippen LogP contribution in [0.5, 0.6) is 0 Å². The van der Waals surface area contributed by atoms with Gasteiger partial charge in [-0.25, -0.2) is 0 Å². The number of nitrogens with one attached hydrogen (secondary N) is 1. The number of hydrogen-bond acceptors (Lipinski definition) is 4. The van der Waals surface area contributed by atoms with Crippen molar-refractivity contribution in [3.05, 3.63) is 23.4 Å². The number of piperidine rings is 1. The molecule has 22 heavy (non-hydrogen) atoms. The summed E-state index contributed by atoms with van der Waals surface area (Å²) in [6.45, 7) is 4.77. The summed E-state index contributed by atoms with van der Waals surface area (Å²) < 4.78 is 5.95. The van der Waals surface area contributed by atoms with Gasteiger partial charge >= 0.3 is 0 Å². The average Bonchev–Trinajstić information content (AvgIpc) is 3.24. The maximum Gasteiger partial charge on any atom is 0.274 e. The number of nitrogens with zero attached hydrogens (tertiary/aromatic N) is 2. The van der Waals surface area contributed by atoms with Gasteiger partial charge in [0.2, 0.25) is 0 Å². The maximum atomic E-state index is 5.95. The van der Waals surface area contributed by atoms with Crippen LogP contribution in [0.25, 0.3) is 10.8 Å². The highest BCUT2D eigenvalue weighted by atomic mass is 32.1. The maximum absolute atomic E-state index is 5.95. The number of likely N-dealkylation sites (tertiary alicyclic amines) is 1. The molecule has 1 unspecified atom stereocenters. The molecule has 1 aliphatic carbocycles. The molecule has 4 nitrogen and oxygen atoms in total. The highest BCUT2D eigenvalue weighted by molar-refractivity contribution is 7.13. The molecule has 2 fully saturated rings. The molecule has 0 radical (unpaired) electrons. The van der Waals surface area contributed by atoms with Gasteiger partial charge in [0, 0.05) is 5.92 Å². The predicted molar refractivity (Wildman–Crippen MR) is 86.8 cm³/mol. The van der Waals surface area contributed by atoms with Crippen molar-refractivity contribution in [3.8, 4) is 10.8 Å². The van der Waals surface area contributed by atoms with E-state index in [9.17, 15) is 0 Å². The van der Waals surface area contributed by atoms with E-state index < -0.39 is 0 Å². The van der Waals surface area contributed by atoms with E-state index in [4.69, 9.17) is 4.42 Å². The fourth-order valence-electron chi connectivity index (χ4n) is 4.22. The van der Waals surface area contributed by atoms with Crippen LogP contribution in [0.2, 0.25) is 0 Å². The van der Waals surface area contributed by atoms with Crippen molar-refractivity contribution < 1.29 is 9.32 Å². The quantitative estimate of drug-likeness (QED) is 0.946. The Morgan fingerprint density at radius 3 is 2.91 bits per heavy atom. The zero-order valence-corrected chi connectivity index (χ0v) is 13.9. The molecule has 0 aromatic carbocycles. The highest BCUT2D eigenvalue weighted by Gasteiger charge is 2.37. The summed E-state index contributed by atoms with van der Waals surface area (Å²) in [6.07, 6.45) is 7.11. The van der Waals surface area contributed by atoms with Crippen molar-refractivity contribution in [2.24, 2.45) is 11.8 Å². The summed E-state index contributed by atoms with van der Waals surface area (Å²) in [5, 5.41) is 10.6. The third kappa shape index (κ3) is 2.72. The topological polar surface area (TPSA) is 43.4 Å². The number of fused-ring (bicyclic) bond motifs is 1. The lowest BCUT2D eigenvalue weighted by Gasteiger charge is -2.40. The third-order valence-electron chi connectivity index (χ3n) is 5.58. The van der Waals surface area contributed by atoms with Crippen LogP contribution in [0.1, 0.15) is 51.0 Å². The first kappa shape index (κ1) is 14.4. The Morgan fingerprint density at radius 2 is 2.09 bits per heavy atom. The van der Waals surface area contributed by atoms with Crippen LogP contribution in [0.4, 0.5) is 0 Å². The summed E-state index contributed by atoms with van der Waals surface area (Å²) in [5.41, 5.74) is 0. The summed E-state index contributed by atoms with van der Waals surface area (Å²) in [6, 6.07) is 4.36. The van der Waals surface area contributed by atoms with Crippen LogP contribution in [0.3, 0.4) is 0 Å². The molecule has 2 aromatic rings. The molecule has 0 spiro atoms. The number of quaternary nitrogens is 1. The molecule has 4 atom stereocenters. The lowest BCUT2D eigenvalue weighted by Crippen LogP contribution is -3.14. The van der Waals surface area contributed by atoms with Crippen LogP contribution in [0, 0.1) is 11.8 Å². The molecule has 0 bridgehead atoms. The molecule has 3 heterocycles. The van der Waals surface area contributed by atoms with Crippen LogP contribution >= 0.6 is 11.3 Å². The van der Waals surface area contributed by atoms with Gasteiger partial charge in [0.15, 0.2) is 6.04 Å². The zero-order valence-electron chi connectivity index (χ0n) is 13.1. The second kappa shape index (κ2) is 6.13. The molecule has 4 rings (SSSR count). The van der Waals surface area contributed by atoms with Crippen molar-refractivity contribution in [2.45, 2.75) is 45.1 Å². The average molecular weight is 318 g/mol. The summed E-state index contributed by atoms with van der Waals surface area (Å²) >= 11 is 1.65. The van der Waals surface area contributed by atoms with E-state index in [2.05, 4.69) is 17.1 Å². The summed E-state index contributed by atoms with van der Waals surface area (Å²) in [5.74, 6) is 3.37. The van der Waals surface area contributed by atoms with E-state index in [0.717, 1.165) is 22.6 Å². The van der Waals surface area contributed by atoms with Gasteiger partial charge in [0.1, 0.15) is 0 Å². The summed E-state index contributed by atoms with van der Waals surface area (Å²) in [7, 11) is 0. The number of hydrogen-bond donors (Lipinski definition) is 1. The van der Waals surface area contributed by atoms with Crippen molar-refractivity contribution in [1.29, 1.82) is 0 Å². The lowest BCUT2D eigenvalue weighted by atomic mass is 9.75. The normalized spacial score (nSPS) is 30.0. The lowest BCUT2D eigenvalue weighted by molar-refractivity contribution is -0.940. The van der Waals surface area contributed by atoms with Gasteiger partial charge in [-0.3, -0.25) is 0 Å². The fourth-order valence-corrected chi connectivity index (χ4v) is 4.86. The largest absolute Gasteiger partial charge is 0.414 e. The molecule has 0 amide bonds. The van der Waals surface area contributed by atoms with Gasteiger partial charge < -0.3 is 9.32 Å². The first-order valence-electron chi connectivity index (χ1n) is 8.53. The van der Waals surface area contributed by atoms with Crippen molar-refractivity contribution in [3.63, 3.8) is 0 Å². The van der Waals surface area contributed by atoms with E-state index in [-0.39, 0.29) is 0 Å². The van der Waals surface area contributed by atoms with E-state index in [1.807, 2.05) is 17.5 Å². The molecule has 2 aromatic heterocycles. The number of aromatic nitrogens is 2. The minimum Gasteiger partial charge on any atom is -0.414 e. The first-order chi connectivity index (χ1) is 10.8. The van der Waals surface area contributed by atoms with Gasteiger partial charge in [0.05, 0.1) is 18.0 Å². The molecule has 1 aliphatic heterocycles. The van der Waals surface area contributed by atoms with Gasteiger partial charge in [-0.05, 0) is 43.6 Å². The second-order valence-corrected chi connectivity index (χ2v) is 7.80. The molecule has 5 heteroatoms. The molecule has 1 N–H and O–H groups in total. The minimum atomic E-state index is 0.309. The molecule has 1 saturated heterocycles. The van der Waals surface area contributed by atoms with Crippen molar-refractivity contribution >= 4 is 11.3 Å². The molecular formula is C17H24N3OS+. The molecule has 2 aliphatic rings. The highest BCUT2D eigenvalue weighted by Crippen LogP contribution is 2.33. The van der Waals surface area contributed by atoms with Gasteiger partial charge in [0.25, 0.3) is 11.8 Å². The molecular weight excluding hydrogens is 294 g/mol.